The summed E-state index contributed by atoms with van der Waals surface area (Å²) in [5.41, 5.74) is 1.64. The molecule has 0 aliphatic carbocycles. The fourth-order valence-electron chi connectivity index (χ4n) is 2.46. The van der Waals surface area contributed by atoms with Crippen molar-refractivity contribution in [3.05, 3.63) is 84.2 Å². The monoisotopic (exact) mass is 367 g/mol. The maximum absolute atomic E-state index is 13.1. The van der Waals surface area contributed by atoms with Crippen LogP contribution >= 0.6 is 0 Å². The highest BCUT2D eigenvalue weighted by atomic mass is 19.1. The van der Waals surface area contributed by atoms with E-state index in [0.717, 1.165) is 5.56 Å². The van der Waals surface area contributed by atoms with Crippen molar-refractivity contribution in [2.45, 2.75) is 19.6 Å². The first-order valence-electron chi connectivity index (χ1n) is 8.35. The van der Waals surface area contributed by atoms with E-state index in [4.69, 9.17) is 4.74 Å². The number of aromatic nitrogens is 2. The van der Waals surface area contributed by atoms with Gasteiger partial charge in [0.15, 0.2) is 11.8 Å². The molecule has 27 heavy (non-hydrogen) atoms. The molecule has 1 atom stereocenters. The van der Waals surface area contributed by atoms with E-state index in [1.165, 1.54) is 48.3 Å². The summed E-state index contributed by atoms with van der Waals surface area (Å²) in [6, 6.07) is 15.0. The zero-order chi connectivity index (χ0) is 19.2. The Hall–Kier alpha value is -3.48. The van der Waals surface area contributed by atoms with Crippen LogP contribution in [0.2, 0.25) is 0 Å². The van der Waals surface area contributed by atoms with E-state index in [1.54, 1.807) is 0 Å². The van der Waals surface area contributed by atoms with Gasteiger partial charge in [-0.05, 0) is 36.8 Å². The molecule has 138 valence electrons. The van der Waals surface area contributed by atoms with Crippen LogP contribution in [0.5, 0.6) is 0 Å². The van der Waals surface area contributed by atoms with E-state index in [-0.39, 0.29) is 11.5 Å². The smallest absolute Gasteiger partial charge is 0.357 e. The SMILES string of the molecule is C[C@H](OC(=O)c1cncn1-c1ccc(F)cc1)C(=O)NCc1ccccc1. The third-order valence-electron chi connectivity index (χ3n) is 3.92. The maximum atomic E-state index is 13.1. The molecule has 1 heterocycles. The molecule has 0 aliphatic heterocycles. The van der Waals surface area contributed by atoms with Crippen molar-refractivity contribution >= 4 is 11.9 Å². The quantitative estimate of drug-likeness (QED) is 0.680. The minimum absolute atomic E-state index is 0.143. The number of nitrogens with zero attached hydrogens (tertiary/aromatic N) is 2. The number of carbonyl (C=O) groups is 2. The van der Waals surface area contributed by atoms with Gasteiger partial charge in [-0.1, -0.05) is 30.3 Å². The third-order valence-corrected chi connectivity index (χ3v) is 3.92. The Morgan fingerprint density at radius 2 is 1.85 bits per heavy atom. The highest BCUT2D eigenvalue weighted by Gasteiger charge is 2.21. The van der Waals surface area contributed by atoms with Crippen molar-refractivity contribution in [3.8, 4) is 5.69 Å². The molecule has 0 aliphatic rings. The summed E-state index contributed by atoms with van der Waals surface area (Å²) in [5.74, 6) is -1.48. The van der Waals surface area contributed by atoms with Crippen molar-refractivity contribution in [1.29, 1.82) is 0 Å². The topological polar surface area (TPSA) is 73.2 Å². The molecule has 6 nitrogen and oxygen atoms in total. The molecule has 2 aromatic carbocycles. The molecule has 3 rings (SSSR count). The van der Waals surface area contributed by atoms with Crippen molar-refractivity contribution in [2.75, 3.05) is 0 Å². The standard InChI is InChI=1S/C20H18FN3O3/c1-14(19(25)23-11-15-5-3-2-4-6-15)27-20(26)18-12-22-13-24(18)17-9-7-16(21)8-10-17/h2-10,12-14H,11H2,1H3,(H,23,25)/t14-/m0/s1. The van der Waals surface area contributed by atoms with Gasteiger partial charge in [-0.3, -0.25) is 9.36 Å². The highest BCUT2D eigenvalue weighted by molar-refractivity contribution is 5.91. The number of amides is 1. The minimum atomic E-state index is -0.974. The number of rotatable bonds is 6. The van der Waals surface area contributed by atoms with Crippen LogP contribution < -0.4 is 5.32 Å². The molecule has 0 bridgehead atoms. The summed E-state index contributed by atoms with van der Waals surface area (Å²) in [6.45, 7) is 1.84. The Kier molecular flexibility index (Phi) is 5.61. The van der Waals surface area contributed by atoms with E-state index in [0.29, 0.717) is 12.2 Å². The van der Waals surface area contributed by atoms with E-state index in [9.17, 15) is 14.0 Å². The van der Waals surface area contributed by atoms with Gasteiger partial charge in [-0.25, -0.2) is 14.2 Å². The highest BCUT2D eigenvalue weighted by Crippen LogP contribution is 2.14. The lowest BCUT2D eigenvalue weighted by molar-refractivity contribution is -0.129. The largest absolute Gasteiger partial charge is 0.448 e. The molecule has 0 fully saturated rings. The van der Waals surface area contributed by atoms with Gasteiger partial charge in [-0.2, -0.15) is 0 Å². The molecule has 0 radical (unpaired) electrons. The van der Waals surface area contributed by atoms with Gasteiger partial charge in [0.05, 0.1) is 12.5 Å². The molecule has 3 aromatic rings. The Balaban J connectivity index is 1.62. The van der Waals surface area contributed by atoms with E-state index >= 15 is 0 Å². The summed E-state index contributed by atoms with van der Waals surface area (Å²) in [4.78, 5) is 28.5. The molecule has 0 unspecified atom stereocenters. The summed E-state index contributed by atoms with van der Waals surface area (Å²) >= 11 is 0. The first kappa shape index (κ1) is 18.3. The normalized spacial score (nSPS) is 11.6. The second-order valence-electron chi connectivity index (χ2n) is 5.88. The van der Waals surface area contributed by atoms with Crippen LogP contribution in [0.25, 0.3) is 5.69 Å². The van der Waals surface area contributed by atoms with E-state index in [2.05, 4.69) is 10.3 Å². The Labute approximate surface area is 155 Å². The fourth-order valence-corrected chi connectivity index (χ4v) is 2.46. The molecule has 0 saturated carbocycles. The first-order chi connectivity index (χ1) is 13.0. The summed E-state index contributed by atoms with van der Waals surface area (Å²) in [7, 11) is 0. The molecule has 1 N–H and O–H groups in total. The Bertz CT molecular complexity index is 923. The van der Waals surface area contributed by atoms with Crippen LogP contribution in [0.1, 0.15) is 23.0 Å². The molecular weight excluding hydrogens is 349 g/mol. The Morgan fingerprint density at radius 1 is 1.15 bits per heavy atom. The minimum Gasteiger partial charge on any atom is -0.448 e. The predicted molar refractivity (Wildman–Crippen MR) is 96.7 cm³/mol. The zero-order valence-corrected chi connectivity index (χ0v) is 14.6. The van der Waals surface area contributed by atoms with Gasteiger partial charge in [0, 0.05) is 12.2 Å². The number of nitrogens with one attached hydrogen (secondary N) is 1. The zero-order valence-electron chi connectivity index (χ0n) is 14.6. The van der Waals surface area contributed by atoms with Gasteiger partial charge in [-0.15, -0.1) is 0 Å². The van der Waals surface area contributed by atoms with Crippen LogP contribution in [0.15, 0.2) is 67.1 Å². The van der Waals surface area contributed by atoms with Crippen LogP contribution in [0.3, 0.4) is 0 Å². The molecule has 1 amide bonds. The average molecular weight is 367 g/mol. The van der Waals surface area contributed by atoms with Gasteiger partial charge in [0.1, 0.15) is 5.82 Å². The summed E-state index contributed by atoms with van der Waals surface area (Å²) in [6.07, 6.45) is 1.78. The number of hydrogen-bond acceptors (Lipinski definition) is 4. The summed E-state index contributed by atoms with van der Waals surface area (Å²) in [5, 5.41) is 2.72. The number of carbonyl (C=O) groups excluding carboxylic acids is 2. The van der Waals surface area contributed by atoms with Crippen LogP contribution in [-0.4, -0.2) is 27.5 Å². The second-order valence-corrected chi connectivity index (χ2v) is 5.88. The fraction of sp³-hybridized carbons (Fsp3) is 0.150. The average Bonchev–Trinajstić information content (AvgIpc) is 3.17. The van der Waals surface area contributed by atoms with Gasteiger partial charge in [0.25, 0.3) is 5.91 Å². The van der Waals surface area contributed by atoms with Crippen LogP contribution in [0.4, 0.5) is 4.39 Å². The van der Waals surface area contributed by atoms with Crippen molar-refractivity contribution in [2.24, 2.45) is 0 Å². The first-order valence-corrected chi connectivity index (χ1v) is 8.35. The lowest BCUT2D eigenvalue weighted by atomic mass is 10.2. The number of hydrogen-bond donors (Lipinski definition) is 1. The van der Waals surface area contributed by atoms with Crippen molar-refractivity contribution in [3.63, 3.8) is 0 Å². The summed E-state index contributed by atoms with van der Waals surface area (Å²) < 4.78 is 19.8. The lowest BCUT2D eigenvalue weighted by Crippen LogP contribution is -2.35. The second kappa shape index (κ2) is 8.27. The molecule has 0 saturated heterocycles. The van der Waals surface area contributed by atoms with Crippen molar-refractivity contribution < 1.29 is 18.7 Å². The van der Waals surface area contributed by atoms with Crippen LogP contribution in [-0.2, 0) is 16.1 Å². The van der Waals surface area contributed by atoms with Gasteiger partial charge >= 0.3 is 5.97 Å². The van der Waals surface area contributed by atoms with Gasteiger partial charge in [0.2, 0.25) is 0 Å². The van der Waals surface area contributed by atoms with E-state index < -0.39 is 18.0 Å². The maximum Gasteiger partial charge on any atom is 0.357 e. The molecule has 1 aromatic heterocycles. The predicted octanol–water partition coefficient (Wildman–Crippen LogP) is 2.87. The van der Waals surface area contributed by atoms with Gasteiger partial charge < -0.3 is 10.1 Å². The van der Waals surface area contributed by atoms with Crippen molar-refractivity contribution in [1.82, 2.24) is 14.9 Å². The van der Waals surface area contributed by atoms with E-state index in [1.807, 2.05) is 30.3 Å². The van der Waals surface area contributed by atoms with Crippen LogP contribution in [0, 0.1) is 5.82 Å². The number of benzene rings is 2. The molecular formula is C20H18FN3O3. The Morgan fingerprint density at radius 3 is 2.56 bits per heavy atom. The number of halogens is 1. The lowest BCUT2D eigenvalue weighted by Gasteiger charge is -2.14. The number of esters is 1. The number of imidazole rings is 1. The number of ether oxygens (including phenoxy) is 1. The molecule has 7 heteroatoms. The molecule has 0 spiro atoms. The third kappa shape index (κ3) is 4.58.